The molecule has 3 unspecified atom stereocenters. The van der Waals surface area contributed by atoms with Gasteiger partial charge in [-0.05, 0) is 44.9 Å². The van der Waals surface area contributed by atoms with Crippen molar-refractivity contribution in [3.63, 3.8) is 0 Å². The molecule has 0 rings (SSSR count). The van der Waals surface area contributed by atoms with Gasteiger partial charge in [0, 0.05) is 13.2 Å². The first kappa shape index (κ1) is 24.8. The fourth-order valence-corrected chi connectivity index (χ4v) is 2.55. The topological polar surface area (TPSA) is 99.4 Å². The molecule has 0 aliphatic rings. The molecule has 152 valence electrons. The van der Waals surface area contributed by atoms with Gasteiger partial charge in [0.15, 0.2) is 0 Å². The van der Waals surface area contributed by atoms with Gasteiger partial charge in [-0.25, -0.2) is 0 Å². The predicted octanol–water partition coefficient (Wildman–Crippen LogP) is 2.02. The maximum atomic E-state index is 9.31. The Morgan fingerprint density at radius 2 is 1.28 bits per heavy atom. The summed E-state index contributed by atoms with van der Waals surface area (Å²) < 4.78 is 11.6. The van der Waals surface area contributed by atoms with Crippen LogP contribution < -0.4 is 0 Å². The molecular weight excluding hydrogens is 324 g/mol. The molecule has 3 atom stereocenters. The zero-order chi connectivity index (χ0) is 18.8. The van der Waals surface area contributed by atoms with Crippen LogP contribution in [-0.2, 0) is 9.47 Å². The Morgan fingerprint density at radius 1 is 0.720 bits per heavy atom. The smallest absolute Gasteiger partial charge is 0.0808 e. The molecule has 0 heterocycles. The first-order valence-corrected chi connectivity index (χ1v) is 9.91. The van der Waals surface area contributed by atoms with Gasteiger partial charge in [-0.1, -0.05) is 26.2 Å². The van der Waals surface area contributed by atoms with Crippen molar-refractivity contribution >= 4 is 0 Å². The summed E-state index contributed by atoms with van der Waals surface area (Å²) in [6.45, 7) is 3.72. The molecular formula is C19H40O6. The second kappa shape index (κ2) is 18.5. The molecule has 0 saturated heterocycles. The molecule has 0 spiro atoms. The van der Waals surface area contributed by atoms with Gasteiger partial charge in [-0.15, -0.1) is 0 Å². The highest BCUT2D eigenvalue weighted by Gasteiger charge is 2.10. The molecule has 0 aromatic rings. The van der Waals surface area contributed by atoms with Gasteiger partial charge < -0.3 is 29.9 Å². The molecule has 0 aliphatic heterocycles. The molecule has 25 heavy (non-hydrogen) atoms. The minimum Gasteiger partial charge on any atom is -0.394 e. The van der Waals surface area contributed by atoms with E-state index in [1.54, 1.807) is 0 Å². The second-order valence-corrected chi connectivity index (χ2v) is 6.73. The summed E-state index contributed by atoms with van der Waals surface area (Å²) in [6.07, 6.45) is 8.03. The van der Waals surface area contributed by atoms with Gasteiger partial charge in [0.2, 0.25) is 0 Å². The molecule has 6 nitrogen and oxygen atoms in total. The van der Waals surface area contributed by atoms with E-state index in [1.165, 1.54) is 12.8 Å². The lowest BCUT2D eigenvalue weighted by atomic mass is 10.1. The first-order valence-electron chi connectivity index (χ1n) is 9.91. The third kappa shape index (κ3) is 17.0. The molecule has 0 fully saturated rings. The van der Waals surface area contributed by atoms with Gasteiger partial charge in [-0.2, -0.15) is 0 Å². The van der Waals surface area contributed by atoms with Gasteiger partial charge in [0.25, 0.3) is 0 Å². The molecule has 0 aromatic carbocycles. The lowest BCUT2D eigenvalue weighted by Gasteiger charge is -2.18. The molecule has 0 saturated carbocycles. The number of hydrogen-bond acceptors (Lipinski definition) is 6. The second-order valence-electron chi connectivity index (χ2n) is 6.73. The van der Waals surface area contributed by atoms with E-state index in [-0.39, 0.29) is 19.3 Å². The van der Waals surface area contributed by atoms with Crippen LogP contribution in [0.15, 0.2) is 0 Å². The number of ether oxygens (including phenoxy) is 2. The maximum absolute atomic E-state index is 9.31. The van der Waals surface area contributed by atoms with E-state index in [4.69, 9.17) is 19.7 Å². The van der Waals surface area contributed by atoms with Crippen molar-refractivity contribution in [3.05, 3.63) is 0 Å². The van der Waals surface area contributed by atoms with Crippen LogP contribution in [0, 0.1) is 0 Å². The average Bonchev–Trinajstić information content (AvgIpc) is 2.63. The Kier molecular flexibility index (Phi) is 18.4. The molecule has 0 bridgehead atoms. The number of aliphatic hydroxyl groups excluding tert-OH is 4. The Hall–Kier alpha value is -0.240. The van der Waals surface area contributed by atoms with Gasteiger partial charge >= 0.3 is 0 Å². The number of aliphatic hydroxyl groups is 4. The van der Waals surface area contributed by atoms with Crippen molar-refractivity contribution in [1.82, 2.24) is 0 Å². The molecule has 0 aliphatic carbocycles. The van der Waals surface area contributed by atoms with Crippen LogP contribution in [0.4, 0.5) is 0 Å². The fourth-order valence-electron chi connectivity index (χ4n) is 2.55. The number of unbranched alkanes of at least 4 members (excludes halogenated alkanes) is 4. The molecule has 4 N–H and O–H groups in total. The minimum atomic E-state index is -0.618. The van der Waals surface area contributed by atoms with Gasteiger partial charge in [0.1, 0.15) is 0 Å². The summed E-state index contributed by atoms with van der Waals surface area (Å²) in [5.74, 6) is 0. The highest BCUT2D eigenvalue weighted by Crippen LogP contribution is 2.10. The van der Waals surface area contributed by atoms with E-state index in [2.05, 4.69) is 6.92 Å². The Bertz CT molecular complexity index is 264. The van der Waals surface area contributed by atoms with Crippen molar-refractivity contribution in [1.29, 1.82) is 0 Å². The molecule has 0 aromatic heterocycles. The molecule has 6 heteroatoms. The zero-order valence-electron chi connectivity index (χ0n) is 15.9. The van der Waals surface area contributed by atoms with E-state index < -0.39 is 12.2 Å². The molecule has 0 amide bonds. The van der Waals surface area contributed by atoms with Gasteiger partial charge in [-0.3, -0.25) is 0 Å². The van der Waals surface area contributed by atoms with E-state index in [9.17, 15) is 10.2 Å². The lowest BCUT2D eigenvalue weighted by molar-refractivity contribution is -0.0247. The van der Waals surface area contributed by atoms with Crippen LogP contribution >= 0.6 is 0 Å². The van der Waals surface area contributed by atoms with Crippen molar-refractivity contribution in [2.75, 3.05) is 33.0 Å². The SMILES string of the molecule is CCCCCC(COCCCCC(O)CO)OCCCCC(O)CO. The lowest BCUT2D eigenvalue weighted by Crippen LogP contribution is -2.21. The average molecular weight is 365 g/mol. The summed E-state index contributed by atoms with van der Waals surface area (Å²) in [6, 6.07) is 0. The van der Waals surface area contributed by atoms with Crippen LogP contribution in [0.2, 0.25) is 0 Å². The highest BCUT2D eigenvalue weighted by atomic mass is 16.5. The maximum Gasteiger partial charge on any atom is 0.0808 e. The quantitative estimate of drug-likeness (QED) is 0.262. The fraction of sp³-hybridized carbons (Fsp3) is 1.00. The number of hydrogen-bond donors (Lipinski definition) is 4. The van der Waals surface area contributed by atoms with Crippen molar-refractivity contribution in [3.8, 4) is 0 Å². The summed E-state index contributed by atoms with van der Waals surface area (Å²) in [5, 5.41) is 36.1. The number of rotatable bonds is 19. The largest absolute Gasteiger partial charge is 0.394 e. The normalized spacial score (nSPS) is 15.2. The van der Waals surface area contributed by atoms with Crippen molar-refractivity contribution in [2.24, 2.45) is 0 Å². The van der Waals surface area contributed by atoms with Crippen LogP contribution in [0.1, 0.15) is 71.1 Å². The van der Waals surface area contributed by atoms with E-state index in [0.29, 0.717) is 32.7 Å². The molecule has 0 radical (unpaired) electrons. The standard InChI is InChI=1S/C19H40O6/c1-2-3-4-11-19(25-13-8-6-10-18(23)15-21)16-24-12-7-5-9-17(22)14-20/h17-23H,2-16H2,1H3. The summed E-state index contributed by atoms with van der Waals surface area (Å²) in [5.41, 5.74) is 0. The van der Waals surface area contributed by atoms with Crippen LogP contribution in [0.3, 0.4) is 0 Å². The predicted molar refractivity (Wildman–Crippen MR) is 98.6 cm³/mol. The van der Waals surface area contributed by atoms with E-state index in [1.807, 2.05) is 0 Å². The minimum absolute atomic E-state index is 0.109. The monoisotopic (exact) mass is 364 g/mol. The Balaban J connectivity index is 3.77. The van der Waals surface area contributed by atoms with Crippen molar-refractivity contribution < 1.29 is 29.9 Å². The van der Waals surface area contributed by atoms with Crippen molar-refractivity contribution in [2.45, 2.75) is 89.4 Å². The van der Waals surface area contributed by atoms with E-state index in [0.717, 1.165) is 38.5 Å². The summed E-state index contributed by atoms with van der Waals surface area (Å²) in [7, 11) is 0. The van der Waals surface area contributed by atoms with Crippen LogP contribution in [0.5, 0.6) is 0 Å². The summed E-state index contributed by atoms with van der Waals surface area (Å²) >= 11 is 0. The Morgan fingerprint density at radius 3 is 1.84 bits per heavy atom. The van der Waals surface area contributed by atoms with E-state index >= 15 is 0 Å². The third-order valence-corrected chi connectivity index (χ3v) is 4.22. The van der Waals surface area contributed by atoms with Gasteiger partial charge in [0.05, 0.1) is 38.1 Å². The zero-order valence-corrected chi connectivity index (χ0v) is 15.9. The first-order chi connectivity index (χ1) is 12.1. The summed E-state index contributed by atoms with van der Waals surface area (Å²) in [4.78, 5) is 0. The highest BCUT2D eigenvalue weighted by molar-refractivity contribution is 4.59. The third-order valence-electron chi connectivity index (χ3n) is 4.22. The Labute approximate surface area is 153 Å². The van der Waals surface area contributed by atoms with Crippen LogP contribution in [-0.4, -0.2) is 71.8 Å². The van der Waals surface area contributed by atoms with Crippen LogP contribution in [0.25, 0.3) is 0 Å².